The number of nitrogens with one attached hydrogen (secondary N) is 2. The molecule has 140 valence electrons. The van der Waals surface area contributed by atoms with Gasteiger partial charge < -0.3 is 19.8 Å². The van der Waals surface area contributed by atoms with Gasteiger partial charge in [0.15, 0.2) is 0 Å². The molecule has 2 amide bonds. The van der Waals surface area contributed by atoms with E-state index < -0.39 is 0 Å². The van der Waals surface area contributed by atoms with Crippen molar-refractivity contribution in [2.75, 3.05) is 13.1 Å². The van der Waals surface area contributed by atoms with E-state index in [1.165, 1.54) is 12.3 Å². The van der Waals surface area contributed by atoms with Gasteiger partial charge >= 0.3 is 0 Å². The average molecular weight is 374 g/mol. The Labute approximate surface area is 161 Å². The first-order valence-electron chi connectivity index (χ1n) is 8.91. The fourth-order valence-corrected chi connectivity index (χ4v) is 3.29. The predicted molar refractivity (Wildman–Crippen MR) is 101 cm³/mol. The van der Waals surface area contributed by atoms with Crippen LogP contribution < -0.4 is 5.32 Å². The number of benzene rings is 1. The number of carbonyl (C=O) groups excluding carboxylic acids is 2. The van der Waals surface area contributed by atoms with Gasteiger partial charge in [-0.1, -0.05) is 0 Å². The van der Waals surface area contributed by atoms with Crippen LogP contribution in [0.3, 0.4) is 0 Å². The standard InChI is InChI=1S/C20H18N6O2/c21-10-14-9-18(23-11-14)19(27)24-16-5-7-25(12-16)20(28)15-1-3-17(4-2-15)26-8-6-22-13-26/h1-4,6,8-9,11,13,16,23H,5,7,12H2,(H,24,27)/t16-/m1/s1. The van der Waals surface area contributed by atoms with Crippen LogP contribution in [0.1, 0.15) is 32.8 Å². The summed E-state index contributed by atoms with van der Waals surface area (Å²) in [5.74, 6) is -0.328. The molecule has 0 radical (unpaired) electrons. The van der Waals surface area contributed by atoms with Crippen LogP contribution in [0.15, 0.2) is 55.2 Å². The molecule has 0 bridgehead atoms. The van der Waals surface area contributed by atoms with Crippen molar-refractivity contribution in [2.24, 2.45) is 0 Å². The molecule has 1 fully saturated rings. The van der Waals surface area contributed by atoms with E-state index >= 15 is 0 Å². The fraction of sp³-hybridized carbons (Fsp3) is 0.200. The number of aromatic amines is 1. The third-order valence-electron chi connectivity index (χ3n) is 4.78. The van der Waals surface area contributed by atoms with E-state index in [1.807, 2.05) is 29.0 Å². The summed E-state index contributed by atoms with van der Waals surface area (Å²) in [6, 6.07) is 10.7. The van der Waals surface area contributed by atoms with Gasteiger partial charge in [0, 0.05) is 49.0 Å². The average Bonchev–Trinajstić information content (AvgIpc) is 3.48. The number of hydrogen-bond acceptors (Lipinski definition) is 4. The first kappa shape index (κ1) is 17.5. The van der Waals surface area contributed by atoms with E-state index in [0.717, 1.165) is 5.69 Å². The molecule has 2 aromatic heterocycles. The highest BCUT2D eigenvalue weighted by molar-refractivity contribution is 5.95. The van der Waals surface area contributed by atoms with Gasteiger partial charge in [-0.25, -0.2) is 4.98 Å². The molecule has 8 heteroatoms. The fourth-order valence-electron chi connectivity index (χ4n) is 3.29. The number of imidazole rings is 1. The van der Waals surface area contributed by atoms with Crippen LogP contribution in [0.5, 0.6) is 0 Å². The number of carbonyl (C=O) groups is 2. The Hall–Kier alpha value is -3.86. The molecule has 1 aliphatic heterocycles. The number of aromatic nitrogens is 3. The van der Waals surface area contributed by atoms with Crippen LogP contribution in [0.2, 0.25) is 0 Å². The summed E-state index contributed by atoms with van der Waals surface area (Å²) in [5.41, 5.74) is 2.30. The number of amides is 2. The molecule has 1 aromatic carbocycles. The maximum absolute atomic E-state index is 12.7. The minimum absolute atomic E-state index is 0.0550. The van der Waals surface area contributed by atoms with Crippen molar-refractivity contribution in [3.05, 3.63) is 72.1 Å². The lowest BCUT2D eigenvalue weighted by Gasteiger charge is -2.17. The van der Waals surface area contributed by atoms with Gasteiger partial charge in [0.05, 0.1) is 11.9 Å². The second-order valence-electron chi connectivity index (χ2n) is 6.64. The highest BCUT2D eigenvalue weighted by Crippen LogP contribution is 2.16. The van der Waals surface area contributed by atoms with Crippen LogP contribution in [0.25, 0.3) is 5.69 Å². The zero-order valence-electron chi connectivity index (χ0n) is 15.0. The van der Waals surface area contributed by atoms with E-state index in [9.17, 15) is 9.59 Å². The highest BCUT2D eigenvalue weighted by Gasteiger charge is 2.28. The predicted octanol–water partition coefficient (Wildman–Crippen LogP) is 1.72. The summed E-state index contributed by atoms with van der Waals surface area (Å²) in [5, 5.41) is 11.8. The number of H-pyrrole nitrogens is 1. The second-order valence-corrected chi connectivity index (χ2v) is 6.64. The van der Waals surface area contributed by atoms with Crippen molar-refractivity contribution in [1.29, 1.82) is 5.26 Å². The minimum Gasteiger partial charge on any atom is -0.356 e. The molecule has 0 spiro atoms. The number of rotatable bonds is 4. The molecule has 1 aliphatic rings. The second kappa shape index (κ2) is 7.40. The monoisotopic (exact) mass is 374 g/mol. The van der Waals surface area contributed by atoms with E-state index in [-0.39, 0.29) is 17.9 Å². The van der Waals surface area contributed by atoms with Gasteiger partial charge in [-0.3, -0.25) is 9.59 Å². The highest BCUT2D eigenvalue weighted by atomic mass is 16.2. The maximum Gasteiger partial charge on any atom is 0.268 e. The van der Waals surface area contributed by atoms with Crippen LogP contribution in [0.4, 0.5) is 0 Å². The van der Waals surface area contributed by atoms with Crippen LogP contribution in [-0.2, 0) is 0 Å². The Morgan fingerprint density at radius 2 is 2.11 bits per heavy atom. The van der Waals surface area contributed by atoms with Gasteiger partial charge in [-0.05, 0) is 36.8 Å². The summed E-state index contributed by atoms with van der Waals surface area (Å²) >= 11 is 0. The van der Waals surface area contributed by atoms with Crippen molar-refractivity contribution in [2.45, 2.75) is 12.5 Å². The van der Waals surface area contributed by atoms with E-state index in [4.69, 9.17) is 5.26 Å². The zero-order valence-corrected chi connectivity index (χ0v) is 15.0. The van der Waals surface area contributed by atoms with Crippen molar-refractivity contribution in [3.8, 4) is 11.8 Å². The van der Waals surface area contributed by atoms with Gasteiger partial charge in [0.2, 0.25) is 0 Å². The molecule has 2 N–H and O–H groups in total. The van der Waals surface area contributed by atoms with E-state index in [0.29, 0.717) is 36.3 Å². The van der Waals surface area contributed by atoms with Gasteiger partial charge in [-0.2, -0.15) is 5.26 Å². The molecular formula is C20H18N6O2. The van der Waals surface area contributed by atoms with E-state index in [1.54, 1.807) is 29.6 Å². The first-order valence-corrected chi connectivity index (χ1v) is 8.91. The molecule has 0 unspecified atom stereocenters. The summed E-state index contributed by atoms with van der Waals surface area (Å²) in [4.78, 5) is 33.5. The number of likely N-dealkylation sites (tertiary alicyclic amines) is 1. The first-order chi connectivity index (χ1) is 13.6. The molecular weight excluding hydrogens is 356 g/mol. The Bertz CT molecular complexity index is 1030. The number of hydrogen-bond donors (Lipinski definition) is 2. The largest absolute Gasteiger partial charge is 0.356 e. The smallest absolute Gasteiger partial charge is 0.268 e. The van der Waals surface area contributed by atoms with Crippen molar-refractivity contribution in [3.63, 3.8) is 0 Å². The Balaban J connectivity index is 1.36. The van der Waals surface area contributed by atoms with Crippen molar-refractivity contribution >= 4 is 11.8 Å². The Kier molecular flexibility index (Phi) is 4.64. The zero-order chi connectivity index (χ0) is 19.5. The number of nitrogens with zero attached hydrogens (tertiary/aromatic N) is 4. The lowest BCUT2D eigenvalue weighted by atomic mass is 10.2. The van der Waals surface area contributed by atoms with Gasteiger partial charge in [0.25, 0.3) is 11.8 Å². The van der Waals surface area contributed by atoms with Gasteiger partial charge in [-0.15, -0.1) is 0 Å². The summed E-state index contributed by atoms with van der Waals surface area (Å²) in [6.07, 6.45) is 7.43. The molecule has 0 aliphatic carbocycles. The summed E-state index contributed by atoms with van der Waals surface area (Å²) in [6.45, 7) is 1.04. The number of nitriles is 1. The Morgan fingerprint density at radius 1 is 1.29 bits per heavy atom. The SMILES string of the molecule is N#Cc1c[nH]c(C(=O)N[C@@H]2CCN(C(=O)c3ccc(-n4ccnc4)cc3)C2)c1. The lowest BCUT2D eigenvalue weighted by Crippen LogP contribution is -2.38. The van der Waals surface area contributed by atoms with Gasteiger partial charge in [0.1, 0.15) is 11.8 Å². The van der Waals surface area contributed by atoms with Crippen LogP contribution in [-0.4, -0.2) is 50.4 Å². The molecule has 3 aromatic rings. The maximum atomic E-state index is 12.7. The molecule has 0 saturated carbocycles. The van der Waals surface area contributed by atoms with Crippen molar-refractivity contribution < 1.29 is 9.59 Å². The quantitative estimate of drug-likeness (QED) is 0.725. The van der Waals surface area contributed by atoms with Crippen molar-refractivity contribution in [1.82, 2.24) is 24.8 Å². The van der Waals surface area contributed by atoms with Crippen LogP contribution in [0, 0.1) is 11.3 Å². The molecule has 28 heavy (non-hydrogen) atoms. The topological polar surface area (TPSA) is 107 Å². The van der Waals surface area contributed by atoms with E-state index in [2.05, 4.69) is 15.3 Å². The third-order valence-corrected chi connectivity index (χ3v) is 4.78. The molecule has 1 atom stereocenters. The summed E-state index contributed by atoms with van der Waals surface area (Å²) in [7, 11) is 0. The molecule has 8 nitrogen and oxygen atoms in total. The molecule has 3 heterocycles. The molecule has 4 rings (SSSR count). The summed E-state index contributed by atoms with van der Waals surface area (Å²) < 4.78 is 1.87. The molecule has 1 saturated heterocycles. The van der Waals surface area contributed by atoms with Crippen LogP contribution >= 0.6 is 0 Å². The Morgan fingerprint density at radius 3 is 2.79 bits per heavy atom. The lowest BCUT2D eigenvalue weighted by molar-refractivity contribution is 0.0783. The minimum atomic E-state index is -0.273. The third kappa shape index (κ3) is 3.50. The normalized spacial score (nSPS) is 16.0.